The molecule has 1 aliphatic rings. The van der Waals surface area contributed by atoms with Crippen LogP contribution in [0.3, 0.4) is 0 Å². The summed E-state index contributed by atoms with van der Waals surface area (Å²) in [5.74, 6) is -0.235. The van der Waals surface area contributed by atoms with Crippen molar-refractivity contribution in [1.29, 1.82) is 0 Å². The van der Waals surface area contributed by atoms with Crippen LogP contribution in [0.2, 0.25) is 5.02 Å². The SMILES string of the molecule is O=C(O)N[C@@H]1CCCC[C@@H]1NC(=O)c1cc2cc(Cl)ccc2[nH]1. The summed E-state index contributed by atoms with van der Waals surface area (Å²) in [5.41, 5.74) is 1.28. The van der Waals surface area contributed by atoms with Crippen LogP contribution in [0.25, 0.3) is 10.9 Å². The number of aromatic nitrogens is 1. The fourth-order valence-electron chi connectivity index (χ4n) is 3.11. The van der Waals surface area contributed by atoms with Crippen molar-refractivity contribution >= 4 is 34.5 Å². The Kier molecular flexibility index (Phi) is 4.43. The molecule has 23 heavy (non-hydrogen) atoms. The number of rotatable bonds is 3. The van der Waals surface area contributed by atoms with Crippen LogP contribution >= 0.6 is 11.6 Å². The maximum Gasteiger partial charge on any atom is 0.404 e. The van der Waals surface area contributed by atoms with Crippen molar-refractivity contribution in [1.82, 2.24) is 15.6 Å². The van der Waals surface area contributed by atoms with E-state index in [1.807, 2.05) is 6.07 Å². The molecule has 1 aliphatic carbocycles. The maximum absolute atomic E-state index is 12.4. The largest absolute Gasteiger partial charge is 0.465 e. The first-order valence-corrected chi connectivity index (χ1v) is 7.99. The van der Waals surface area contributed by atoms with Gasteiger partial charge in [0.05, 0.1) is 6.04 Å². The fraction of sp³-hybridized carbons (Fsp3) is 0.375. The number of amides is 2. The fourth-order valence-corrected chi connectivity index (χ4v) is 3.29. The van der Waals surface area contributed by atoms with E-state index in [9.17, 15) is 9.59 Å². The summed E-state index contributed by atoms with van der Waals surface area (Å²) in [5, 5.41) is 15.8. The molecule has 1 saturated carbocycles. The van der Waals surface area contributed by atoms with Crippen LogP contribution in [-0.2, 0) is 0 Å². The van der Waals surface area contributed by atoms with E-state index in [1.54, 1.807) is 18.2 Å². The Morgan fingerprint density at radius 2 is 1.83 bits per heavy atom. The topological polar surface area (TPSA) is 94.2 Å². The zero-order chi connectivity index (χ0) is 16.4. The molecule has 1 fully saturated rings. The van der Waals surface area contributed by atoms with E-state index in [4.69, 9.17) is 16.7 Å². The molecule has 0 radical (unpaired) electrons. The standard InChI is InChI=1S/C16H18ClN3O3/c17-10-5-6-11-9(7-10)8-14(18-11)15(21)19-12-3-1-2-4-13(12)20-16(22)23/h5-8,12-13,18,20H,1-4H2,(H,19,21)(H,22,23)/t12-,13+/m0/s1. The quantitative estimate of drug-likeness (QED) is 0.694. The molecule has 2 amide bonds. The number of halogens is 1. The van der Waals surface area contributed by atoms with Gasteiger partial charge in [0.25, 0.3) is 5.91 Å². The number of carbonyl (C=O) groups excluding carboxylic acids is 1. The number of hydrogen-bond donors (Lipinski definition) is 4. The maximum atomic E-state index is 12.4. The average Bonchev–Trinajstić information content (AvgIpc) is 2.92. The van der Waals surface area contributed by atoms with Gasteiger partial charge in [-0.05, 0) is 37.1 Å². The highest BCUT2D eigenvalue weighted by Gasteiger charge is 2.28. The molecule has 2 aromatic rings. The van der Waals surface area contributed by atoms with Gasteiger partial charge in [0.2, 0.25) is 0 Å². The highest BCUT2D eigenvalue weighted by atomic mass is 35.5. The molecule has 0 saturated heterocycles. The van der Waals surface area contributed by atoms with Crippen molar-refractivity contribution in [2.75, 3.05) is 0 Å². The lowest BCUT2D eigenvalue weighted by atomic mass is 9.90. The molecule has 0 spiro atoms. The molecule has 0 bridgehead atoms. The van der Waals surface area contributed by atoms with E-state index in [1.165, 1.54) is 0 Å². The van der Waals surface area contributed by atoms with Crippen molar-refractivity contribution in [3.05, 3.63) is 35.0 Å². The average molecular weight is 336 g/mol. The lowest BCUT2D eigenvalue weighted by molar-refractivity contribution is 0.0908. The predicted octanol–water partition coefficient (Wildman–Crippen LogP) is 3.13. The Morgan fingerprint density at radius 1 is 1.13 bits per heavy atom. The Bertz CT molecular complexity index is 743. The van der Waals surface area contributed by atoms with E-state index >= 15 is 0 Å². The second-order valence-corrected chi connectivity index (χ2v) is 6.27. The Morgan fingerprint density at radius 3 is 2.52 bits per heavy atom. The highest BCUT2D eigenvalue weighted by Crippen LogP contribution is 2.22. The first-order valence-electron chi connectivity index (χ1n) is 7.61. The summed E-state index contributed by atoms with van der Waals surface area (Å²) in [4.78, 5) is 26.4. The number of aromatic amines is 1. The lowest BCUT2D eigenvalue weighted by Crippen LogP contribution is -2.52. The van der Waals surface area contributed by atoms with E-state index < -0.39 is 6.09 Å². The molecular weight excluding hydrogens is 318 g/mol. The van der Waals surface area contributed by atoms with Gasteiger partial charge in [-0.25, -0.2) is 4.79 Å². The highest BCUT2D eigenvalue weighted by molar-refractivity contribution is 6.31. The van der Waals surface area contributed by atoms with Gasteiger partial charge in [-0.3, -0.25) is 4.79 Å². The van der Waals surface area contributed by atoms with E-state index in [0.29, 0.717) is 10.7 Å². The van der Waals surface area contributed by atoms with Crippen LogP contribution in [-0.4, -0.2) is 34.2 Å². The second-order valence-electron chi connectivity index (χ2n) is 5.83. The van der Waals surface area contributed by atoms with Crippen molar-refractivity contribution in [2.24, 2.45) is 0 Å². The van der Waals surface area contributed by atoms with E-state index in [0.717, 1.165) is 36.6 Å². The molecular formula is C16H18ClN3O3. The Hall–Kier alpha value is -2.21. The summed E-state index contributed by atoms with van der Waals surface area (Å²) in [6, 6.07) is 6.68. The molecule has 7 heteroatoms. The number of fused-ring (bicyclic) bond motifs is 1. The molecule has 0 unspecified atom stereocenters. The van der Waals surface area contributed by atoms with Gasteiger partial charge in [-0.1, -0.05) is 24.4 Å². The number of hydrogen-bond acceptors (Lipinski definition) is 2. The van der Waals surface area contributed by atoms with Gasteiger partial charge in [0.1, 0.15) is 5.69 Å². The number of H-pyrrole nitrogens is 1. The van der Waals surface area contributed by atoms with Gasteiger partial charge < -0.3 is 20.7 Å². The minimum absolute atomic E-state index is 0.192. The van der Waals surface area contributed by atoms with E-state index in [2.05, 4.69) is 15.6 Å². The third-order valence-corrected chi connectivity index (χ3v) is 4.45. The number of carbonyl (C=O) groups is 2. The first-order chi connectivity index (χ1) is 11.0. The third kappa shape index (κ3) is 3.59. The summed E-state index contributed by atoms with van der Waals surface area (Å²) in [6.45, 7) is 0. The summed E-state index contributed by atoms with van der Waals surface area (Å²) < 4.78 is 0. The summed E-state index contributed by atoms with van der Waals surface area (Å²) >= 11 is 5.95. The molecule has 0 aliphatic heterocycles. The molecule has 1 heterocycles. The van der Waals surface area contributed by atoms with Crippen LogP contribution in [0.5, 0.6) is 0 Å². The van der Waals surface area contributed by atoms with Crippen molar-refractivity contribution in [2.45, 2.75) is 37.8 Å². The molecule has 1 aromatic carbocycles. The van der Waals surface area contributed by atoms with Gasteiger partial charge in [-0.2, -0.15) is 0 Å². The van der Waals surface area contributed by atoms with Crippen molar-refractivity contribution in [3.63, 3.8) is 0 Å². The number of benzene rings is 1. The number of nitrogens with one attached hydrogen (secondary N) is 3. The molecule has 2 atom stereocenters. The van der Waals surface area contributed by atoms with Gasteiger partial charge in [0, 0.05) is 22.0 Å². The molecule has 1 aromatic heterocycles. The lowest BCUT2D eigenvalue weighted by Gasteiger charge is -2.31. The Labute approximate surface area is 138 Å². The second kappa shape index (κ2) is 6.50. The monoisotopic (exact) mass is 335 g/mol. The molecule has 4 N–H and O–H groups in total. The normalized spacial score (nSPS) is 21.1. The predicted molar refractivity (Wildman–Crippen MR) is 88.0 cm³/mol. The molecule has 122 valence electrons. The van der Waals surface area contributed by atoms with Crippen LogP contribution in [0.15, 0.2) is 24.3 Å². The smallest absolute Gasteiger partial charge is 0.404 e. The molecule has 6 nitrogen and oxygen atoms in total. The van der Waals surface area contributed by atoms with Gasteiger partial charge in [0.15, 0.2) is 0 Å². The van der Waals surface area contributed by atoms with Crippen molar-refractivity contribution in [3.8, 4) is 0 Å². The summed E-state index contributed by atoms with van der Waals surface area (Å²) in [7, 11) is 0. The zero-order valence-corrected chi connectivity index (χ0v) is 13.2. The molecule has 3 rings (SSSR count). The minimum Gasteiger partial charge on any atom is -0.465 e. The van der Waals surface area contributed by atoms with E-state index in [-0.39, 0.29) is 18.0 Å². The van der Waals surface area contributed by atoms with Crippen LogP contribution < -0.4 is 10.6 Å². The zero-order valence-electron chi connectivity index (χ0n) is 12.4. The van der Waals surface area contributed by atoms with Crippen molar-refractivity contribution < 1.29 is 14.7 Å². The van der Waals surface area contributed by atoms with Gasteiger partial charge >= 0.3 is 6.09 Å². The van der Waals surface area contributed by atoms with Crippen LogP contribution in [0, 0.1) is 0 Å². The Balaban J connectivity index is 1.74. The summed E-state index contributed by atoms with van der Waals surface area (Å²) in [6.07, 6.45) is 2.38. The minimum atomic E-state index is -1.06. The van der Waals surface area contributed by atoms with Gasteiger partial charge in [-0.15, -0.1) is 0 Å². The van der Waals surface area contributed by atoms with Crippen LogP contribution in [0.1, 0.15) is 36.2 Å². The number of carboxylic acid groups (broad SMARTS) is 1. The first kappa shape index (κ1) is 15.7. The third-order valence-electron chi connectivity index (χ3n) is 4.22. The van der Waals surface area contributed by atoms with Crippen LogP contribution in [0.4, 0.5) is 4.79 Å².